The summed E-state index contributed by atoms with van der Waals surface area (Å²) in [4.78, 5) is 18.3. The highest BCUT2D eigenvalue weighted by Gasteiger charge is 2.34. The predicted octanol–water partition coefficient (Wildman–Crippen LogP) is 1.18. The minimum atomic E-state index is -0.933. The fourth-order valence-corrected chi connectivity index (χ4v) is 2.48. The number of rotatable bonds is 5. The summed E-state index contributed by atoms with van der Waals surface area (Å²) in [6.45, 7) is 4.76. The molecule has 22 heavy (non-hydrogen) atoms. The number of aliphatic imine (C=N–C) groups is 1. The normalized spacial score (nSPS) is 18.8. The van der Waals surface area contributed by atoms with Gasteiger partial charge in [0.1, 0.15) is 5.60 Å². The molecule has 1 aliphatic rings. The molecule has 0 fully saturated rings. The molecule has 2 rings (SSSR count). The van der Waals surface area contributed by atoms with Gasteiger partial charge in [-0.1, -0.05) is 18.2 Å². The number of hydrogen-bond acceptors (Lipinski definition) is 5. The van der Waals surface area contributed by atoms with Gasteiger partial charge in [0.15, 0.2) is 6.17 Å². The van der Waals surface area contributed by atoms with Crippen molar-refractivity contribution in [2.45, 2.75) is 25.6 Å². The van der Waals surface area contributed by atoms with Crippen LogP contribution in [0.1, 0.15) is 19.4 Å². The largest absolute Gasteiger partial charge is 0.382 e. The molecule has 0 spiro atoms. The van der Waals surface area contributed by atoms with Gasteiger partial charge < -0.3 is 20.1 Å². The van der Waals surface area contributed by atoms with Crippen molar-refractivity contribution >= 4 is 17.3 Å². The number of nitrogens with zero attached hydrogens (tertiary/aromatic N) is 2. The highest BCUT2D eigenvalue weighted by Crippen LogP contribution is 2.29. The standard InChI is InChI=1S/C16H23N3O3/c1-16(2,22-10-9-21-4)13-11-7-5-6-8-12(11)19(3)15(20)14(17)18-13/h5-8,14H,9-10,17H2,1-4H3. The summed E-state index contributed by atoms with van der Waals surface area (Å²) in [7, 11) is 3.33. The predicted molar refractivity (Wildman–Crippen MR) is 86.3 cm³/mol. The minimum Gasteiger partial charge on any atom is -0.382 e. The van der Waals surface area contributed by atoms with Crippen LogP contribution in [0, 0.1) is 0 Å². The quantitative estimate of drug-likeness (QED) is 0.829. The van der Waals surface area contributed by atoms with Crippen molar-refractivity contribution in [3.8, 4) is 0 Å². The lowest BCUT2D eigenvalue weighted by Gasteiger charge is -2.28. The van der Waals surface area contributed by atoms with Crippen molar-refractivity contribution in [2.24, 2.45) is 10.7 Å². The molecular formula is C16H23N3O3. The molecule has 0 saturated carbocycles. The number of carbonyl (C=O) groups is 1. The number of ether oxygens (including phenoxy) is 2. The van der Waals surface area contributed by atoms with E-state index in [1.165, 1.54) is 0 Å². The van der Waals surface area contributed by atoms with E-state index in [-0.39, 0.29) is 5.91 Å². The Balaban J connectivity index is 2.46. The van der Waals surface area contributed by atoms with Gasteiger partial charge in [0.05, 0.1) is 24.6 Å². The highest BCUT2D eigenvalue weighted by atomic mass is 16.5. The van der Waals surface area contributed by atoms with E-state index in [1.54, 1.807) is 19.1 Å². The third kappa shape index (κ3) is 3.19. The fraction of sp³-hybridized carbons (Fsp3) is 0.500. The van der Waals surface area contributed by atoms with Crippen molar-refractivity contribution in [1.82, 2.24) is 0 Å². The molecule has 1 unspecified atom stereocenters. The summed E-state index contributed by atoms with van der Waals surface area (Å²) in [6, 6.07) is 7.61. The van der Waals surface area contributed by atoms with E-state index >= 15 is 0 Å². The first-order valence-electron chi connectivity index (χ1n) is 7.22. The zero-order chi connectivity index (χ0) is 16.3. The molecule has 0 aliphatic carbocycles. The molecule has 1 aliphatic heterocycles. The number of hydrogen-bond donors (Lipinski definition) is 1. The van der Waals surface area contributed by atoms with E-state index in [2.05, 4.69) is 4.99 Å². The maximum atomic E-state index is 12.3. The number of benzodiazepines with no additional fused rings is 1. The summed E-state index contributed by atoms with van der Waals surface area (Å²) in [5.74, 6) is -0.241. The fourth-order valence-electron chi connectivity index (χ4n) is 2.48. The van der Waals surface area contributed by atoms with E-state index < -0.39 is 11.8 Å². The Morgan fingerprint density at radius 3 is 2.68 bits per heavy atom. The van der Waals surface area contributed by atoms with Gasteiger partial charge >= 0.3 is 0 Å². The summed E-state index contributed by atoms with van der Waals surface area (Å²) >= 11 is 0. The van der Waals surface area contributed by atoms with Crippen LogP contribution in [0.25, 0.3) is 0 Å². The first-order chi connectivity index (χ1) is 10.4. The number of fused-ring (bicyclic) bond motifs is 1. The van der Waals surface area contributed by atoms with Crippen LogP contribution in [0.4, 0.5) is 5.69 Å². The van der Waals surface area contributed by atoms with Crippen LogP contribution in [-0.2, 0) is 14.3 Å². The topological polar surface area (TPSA) is 77.1 Å². The number of anilines is 1. The van der Waals surface area contributed by atoms with Crippen molar-refractivity contribution in [3.63, 3.8) is 0 Å². The Kier molecular flexibility index (Phi) is 4.95. The van der Waals surface area contributed by atoms with Crippen LogP contribution < -0.4 is 10.6 Å². The molecule has 0 saturated heterocycles. The second-order valence-corrected chi connectivity index (χ2v) is 5.69. The average Bonchev–Trinajstić information content (AvgIpc) is 2.59. The van der Waals surface area contributed by atoms with Crippen molar-refractivity contribution in [1.29, 1.82) is 0 Å². The number of para-hydroxylation sites is 1. The first-order valence-corrected chi connectivity index (χ1v) is 7.22. The maximum Gasteiger partial charge on any atom is 0.266 e. The minimum absolute atomic E-state index is 0.241. The molecule has 6 heteroatoms. The van der Waals surface area contributed by atoms with Crippen LogP contribution in [-0.4, -0.2) is 50.8 Å². The number of amides is 1. The van der Waals surface area contributed by atoms with Gasteiger partial charge in [0.25, 0.3) is 5.91 Å². The molecule has 120 valence electrons. The Hall–Kier alpha value is -1.76. The maximum absolute atomic E-state index is 12.3. The van der Waals surface area contributed by atoms with Crippen LogP contribution >= 0.6 is 0 Å². The molecule has 1 amide bonds. The van der Waals surface area contributed by atoms with E-state index in [0.29, 0.717) is 18.9 Å². The molecule has 1 aromatic rings. The number of benzene rings is 1. The number of carbonyl (C=O) groups excluding carboxylic acids is 1. The molecule has 0 radical (unpaired) electrons. The van der Waals surface area contributed by atoms with Gasteiger partial charge in [0.2, 0.25) is 0 Å². The molecule has 0 aromatic heterocycles. The molecule has 1 aromatic carbocycles. The number of nitrogens with two attached hydrogens (primary N) is 1. The molecule has 6 nitrogen and oxygen atoms in total. The van der Waals surface area contributed by atoms with Crippen molar-refractivity contribution in [2.75, 3.05) is 32.3 Å². The lowest BCUT2D eigenvalue weighted by molar-refractivity contribution is -0.119. The Bertz CT molecular complexity index is 584. The summed E-state index contributed by atoms with van der Waals surface area (Å²) in [6.07, 6.45) is -0.933. The first kappa shape index (κ1) is 16.6. The van der Waals surface area contributed by atoms with E-state index in [9.17, 15) is 4.79 Å². The third-order valence-electron chi connectivity index (χ3n) is 3.69. The smallest absolute Gasteiger partial charge is 0.266 e. The summed E-state index contributed by atoms with van der Waals surface area (Å²) in [5, 5.41) is 0. The lowest BCUT2D eigenvalue weighted by atomic mass is 9.94. The Morgan fingerprint density at radius 1 is 1.32 bits per heavy atom. The van der Waals surface area contributed by atoms with Gasteiger partial charge in [-0.05, 0) is 19.9 Å². The summed E-state index contributed by atoms with van der Waals surface area (Å²) in [5.41, 5.74) is 7.55. The van der Waals surface area contributed by atoms with Crippen LogP contribution in [0.2, 0.25) is 0 Å². The van der Waals surface area contributed by atoms with E-state index in [4.69, 9.17) is 15.2 Å². The number of likely N-dealkylation sites (N-methyl/N-ethyl adjacent to an activating group) is 1. The Morgan fingerprint density at radius 2 is 2.00 bits per heavy atom. The van der Waals surface area contributed by atoms with Gasteiger partial charge in [-0.3, -0.25) is 9.79 Å². The molecule has 2 N–H and O–H groups in total. The third-order valence-corrected chi connectivity index (χ3v) is 3.69. The zero-order valence-corrected chi connectivity index (χ0v) is 13.5. The lowest BCUT2D eigenvalue weighted by Crippen LogP contribution is -2.41. The van der Waals surface area contributed by atoms with E-state index in [1.807, 2.05) is 38.1 Å². The van der Waals surface area contributed by atoms with Crippen LogP contribution in [0.5, 0.6) is 0 Å². The van der Waals surface area contributed by atoms with Crippen molar-refractivity contribution in [3.05, 3.63) is 29.8 Å². The van der Waals surface area contributed by atoms with Gasteiger partial charge in [0, 0.05) is 19.7 Å². The monoisotopic (exact) mass is 305 g/mol. The molecule has 0 bridgehead atoms. The zero-order valence-electron chi connectivity index (χ0n) is 13.5. The van der Waals surface area contributed by atoms with Crippen LogP contribution in [0.3, 0.4) is 0 Å². The molecule has 1 atom stereocenters. The second-order valence-electron chi connectivity index (χ2n) is 5.69. The SMILES string of the molecule is COCCOC(C)(C)C1=NC(N)C(=O)N(C)c2ccccc21. The van der Waals surface area contributed by atoms with Gasteiger partial charge in [-0.15, -0.1) is 0 Å². The van der Waals surface area contributed by atoms with Crippen LogP contribution in [0.15, 0.2) is 29.3 Å². The van der Waals surface area contributed by atoms with Gasteiger partial charge in [-0.25, -0.2) is 0 Å². The summed E-state index contributed by atoms with van der Waals surface area (Å²) < 4.78 is 10.9. The molecule has 1 heterocycles. The van der Waals surface area contributed by atoms with Gasteiger partial charge in [-0.2, -0.15) is 0 Å². The van der Waals surface area contributed by atoms with E-state index in [0.717, 1.165) is 11.3 Å². The molecular weight excluding hydrogens is 282 g/mol. The van der Waals surface area contributed by atoms with Crippen molar-refractivity contribution < 1.29 is 14.3 Å². The number of methoxy groups -OCH3 is 1. The second kappa shape index (κ2) is 6.56. The highest BCUT2D eigenvalue weighted by molar-refractivity contribution is 6.15. The Labute approximate surface area is 130 Å². The average molecular weight is 305 g/mol.